The van der Waals surface area contributed by atoms with Crippen LogP contribution in [-0.2, 0) is 34.7 Å². The summed E-state index contributed by atoms with van der Waals surface area (Å²) in [7, 11) is -2.35. The fraction of sp³-hybridized carbons (Fsp3) is 0.368. The minimum absolute atomic E-state index is 0.0923. The summed E-state index contributed by atoms with van der Waals surface area (Å²) < 4.78 is 28.3. The number of rotatable bonds is 9. The molecule has 11 nitrogen and oxygen atoms in total. The van der Waals surface area contributed by atoms with Gasteiger partial charge in [0.1, 0.15) is 17.4 Å². The third-order valence-electron chi connectivity index (χ3n) is 4.73. The van der Waals surface area contributed by atoms with Crippen molar-refractivity contribution < 1.29 is 18.3 Å². The number of fused-ring (bicyclic) bond motifs is 1. The van der Waals surface area contributed by atoms with Crippen molar-refractivity contribution in [3.63, 3.8) is 0 Å². The van der Waals surface area contributed by atoms with Crippen LogP contribution < -0.4 is 16.0 Å². The number of aromatic nitrogens is 4. The summed E-state index contributed by atoms with van der Waals surface area (Å²) in [5.41, 5.74) is 7.22. The van der Waals surface area contributed by atoms with Gasteiger partial charge in [0.2, 0.25) is 15.9 Å². The Morgan fingerprint density at radius 1 is 1.32 bits per heavy atom. The monoisotopic (exact) mass is 448 g/mol. The van der Waals surface area contributed by atoms with Crippen LogP contribution in [0.15, 0.2) is 34.0 Å². The van der Waals surface area contributed by atoms with Crippen molar-refractivity contribution in [1.29, 1.82) is 0 Å². The van der Waals surface area contributed by atoms with Gasteiger partial charge in [0.25, 0.3) is 5.56 Å². The molecule has 5 N–H and O–H groups in total. The smallest absolute Gasteiger partial charge is 0.277 e. The molecule has 2 heterocycles. The molecule has 12 heteroatoms. The Morgan fingerprint density at radius 3 is 2.58 bits per heavy atom. The predicted molar refractivity (Wildman–Crippen MR) is 113 cm³/mol. The van der Waals surface area contributed by atoms with Gasteiger partial charge in [-0.3, -0.25) is 14.3 Å². The average molecular weight is 449 g/mol. The first kappa shape index (κ1) is 22.6. The van der Waals surface area contributed by atoms with E-state index in [2.05, 4.69) is 19.8 Å². The SMILES string of the molecule is CCCc1nn(C)c2c(=O)[nH]c(Cc3ccc(S(=O)(=O)N[C@@H](CO)C(N)=O)cc3)nc12. The molecule has 2 aromatic heterocycles. The fourth-order valence-electron chi connectivity index (χ4n) is 3.20. The molecule has 0 aliphatic heterocycles. The van der Waals surface area contributed by atoms with Gasteiger partial charge < -0.3 is 15.8 Å². The summed E-state index contributed by atoms with van der Waals surface area (Å²) in [5, 5.41) is 13.5. The van der Waals surface area contributed by atoms with Gasteiger partial charge in [0, 0.05) is 13.5 Å². The van der Waals surface area contributed by atoms with E-state index < -0.39 is 28.6 Å². The van der Waals surface area contributed by atoms with E-state index in [1.165, 1.54) is 16.8 Å². The van der Waals surface area contributed by atoms with E-state index in [0.29, 0.717) is 23.3 Å². The van der Waals surface area contributed by atoms with Crippen LogP contribution in [0.1, 0.15) is 30.4 Å². The normalized spacial score (nSPS) is 12.9. The highest BCUT2D eigenvalue weighted by molar-refractivity contribution is 7.89. The van der Waals surface area contributed by atoms with Crippen LogP contribution in [0.3, 0.4) is 0 Å². The summed E-state index contributed by atoms with van der Waals surface area (Å²) in [5.74, 6) is -0.545. The van der Waals surface area contributed by atoms with Gasteiger partial charge in [-0.1, -0.05) is 25.5 Å². The molecular formula is C19H24N6O5S. The van der Waals surface area contributed by atoms with Gasteiger partial charge >= 0.3 is 0 Å². The molecular weight excluding hydrogens is 424 g/mol. The summed E-state index contributed by atoms with van der Waals surface area (Å²) in [6, 6.07) is 4.45. The zero-order chi connectivity index (χ0) is 22.8. The number of nitrogens with one attached hydrogen (secondary N) is 2. The summed E-state index contributed by atoms with van der Waals surface area (Å²) in [6.07, 6.45) is 1.85. The molecule has 0 saturated heterocycles. The summed E-state index contributed by atoms with van der Waals surface area (Å²) >= 11 is 0. The first-order valence-corrected chi connectivity index (χ1v) is 11.1. The van der Waals surface area contributed by atoms with Crippen molar-refractivity contribution in [2.75, 3.05) is 6.61 Å². The van der Waals surface area contributed by atoms with Gasteiger partial charge in [-0.25, -0.2) is 13.4 Å². The quantitative estimate of drug-likeness (QED) is 0.336. The number of aryl methyl sites for hydroxylation is 2. The van der Waals surface area contributed by atoms with Crippen molar-refractivity contribution in [1.82, 2.24) is 24.5 Å². The number of aliphatic hydroxyl groups is 1. The lowest BCUT2D eigenvalue weighted by Gasteiger charge is -2.13. The molecule has 3 aromatic rings. The van der Waals surface area contributed by atoms with Gasteiger partial charge in [-0.05, 0) is 24.1 Å². The number of aromatic amines is 1. The Balaban J connectivity index is 1.86. The molecule has 0 fully saturated rings. The first-order chi connectivity index (χ1) is 14.7. The molecule has 1 atom stereocenters. The Labute approximate surface area is 178 Å². The number of nitrogens with two attached hydrogens (primary N) is 1. The van der Waals surface area contributed by atoms with Crippen molar-refractivity contribution >= 4 is 27.0 Å². The van der Waals surface area contributed by atoms with Gasteiger partial charge in [-0.15, -0.1) is 0 Å². The zero-order valence-electron chi connectivity index (χ0n) is 17.1. The van der Waals surface area contributed by atoms with E-state index in [1.807, 2.05) is 6.92 Å². The average Bonchev–Trinajstić information content (AvgIpc) is 3.02. The molecule has 31 heavy (non-hydrogen) atoms. The standard InChI is InChI=1S/C19H24N6O5S/c1-3-4-13-16-17(25(2)23-13)19(28)22-15(21-16)9-11-5-7-12(8-6-11)31(29,30)24-14(10-26)18(20)27/h5-8,14,24,26H,3-4,9-10H2,1-2H3,(H2,20,27)(H,21,22,28)/t14-/m0/s1. The minimum Gasteiger partial charge on any atom is -0.394 e. The first-order valence-electron chi connectivity index (χ1n) is 9.62. The van der Waals surface area contributed by atoms with Crippen molar-refractivity contribution in [2.45, 2.75) is 37.1 Å². The number of hydrogen-bond donors (Lipinski definition) is 4. The highest BCUT2D eigenvalue weighted by atomic mass is 32.2. The molecule has 0 aliphatic rings. The Bertz CT molecular complexity index is 1260. The lowest BCUT2D eigenvalue weighted by Crippen LogP contribution is -2.46. The van der Waals surface area contributed by atoms with E-state index in [1.54, 1.807) is 19.2 Å². The van der Waals surface area contributed by atoms with Crippen LogP contribution in [0.25, 0.3) is 11.0 Å². The third kappa shape index (κ3) is 4.81. The lowest BCUT2D eigenvalue weighted by molar-refractivity contribution is -0.120. The zero-order valence-corrected chi connectivity index (χ0v) is 17.9. The van der Waals surface area contributed by atoms with Crippen LogP contribution in [0.5, 0.6) is 0 Å². The number of sulfonamides is 1. The number of aliphatic hydroxyl groups excluding tert-OH is 1. The van der Waals surface area contributed by atoms with E-state index in [-0.39, 0.29) is 16.9 Å². The van der Waals surface area contributed by atoms with Gasteiger partial charge in [0.15, 0.2) is 5.52 Å². The van der Waals surface area contributed by atoms with Crippen LogP contribution >= 0.6 is 0 Å². The molecule has 1 amide bonds. The van der Waals surface area contributed by atoms with Crippen LogP contribution in [-0.4, -0.2) is 51.8 Å². The number of carbonyl (C=O) groups excluding carboxylic acids is 1. The molecule has 0 aliphatic carbocycles. The van der Waals surface area contributed by atoms with E-state index in [9.17, 15) is 18.0 Å². The van der Waals surface area contributed by atoms with E-state index in [0.717, 1.165) is 17.7 Å². The summed E-state index contributed by atoms with van der Waals surface area (Å²) in [4.78, 5) is 30.9. The van der Waals surface area contributed by atoms with Gasteiger partial charge in [0.05, 0.1) is 17.2 Å². The Morgan fingerprint density at radius 2 is 2.00 bits per heavy atom. The second-order valence-electron chi connectivity index (χ2n) is 7.11. The topological polar surface area (TPSA) is 173 Å². The second-order valence-corrected chi connectivity index (χ2v) is 8.82. The molecule has 0 bridgehead atoms. The fourth-order valence-corrected chi connectivity index (χ4v) is 4.40. The minimum atomic E-state index is -4.05. The number of hydrogen-bond acceptors (Lipinski definition) is 7. The van der Waals surface area contributed by atoms with Crippen LogP contribution in [0.2, 0.25) is 0 Å². The van der Waals surface area contributed by atoms with Gasteiger partial charge in [-0.2, -0.15) is 9.82 Å². The van der Waals surface area contributed by atoms with Crippen molar-refractivity contribution in [3.05, 3.63) is 51.7 Å². The maximum absolute atomic E-state index is 12.5. The van der Waals surface area contributed by atoms with E-state index in [4.69, 9.17) is 10.8 Å². The second kappa shape index (κ2) is 8.96. The summed E-state index contributed by atoms with van der Waals surface area (Å²) in [6.45, 7) is 1.27. The van der Waals surface area contributed by atoms with Crippen molar-refractivity contribution in [2.24, 2.45) is 12.8 Å². The highest BCUT2D eigenvalue weighted by Crippen LogP contribution is 2.16. The predicted octanol–water partition coefficient (Wildman–Crippen LogP) is -0.676. The number of H-pyrrole nitrogens is 1. The van der Waals surface area contributed by atoms with E-state index >= 15 is 0 Å². The maximum atomic E-state index is 12.5. The number of benzene rings is 1. The third-order valence-corrected chi connectivity index (χ3v) is 6.21. The van der Waals surface area contributed by atoms with Crippen LogP contribution in [0, 0.1) is 0 Å². The molecule has 1 aromatic carbocycles. The number of amides is 1. The Kier molecular flexibility index (Phi) is 6.53. The maximum Gasteiger partial charge on any atom is 0.277 e. The number of nitrogens with zero attached hydrogens (tertiary/aromatic N) is 3. The number of primary amides is 1. The molecule has 0 radical (unpaired) electrons. The molecule has 0 saturated carbocycles. The molecule has 166 valence electrons. The van der Waals surface area contributed by atoms with Crippen LogP contribution in [0.4, 0.5) is 0 Å². The molecule has 0 unspecified atom stereocenters. The molecule has 3 rings (SSSR count). The highest BCUT2D eigenvalue weighted by Gasteiger charge is 2.23. The molecule has 0 spiro atoms. The van der Waals surface area contributed by atoms with Crippen molar-refractivity contribution in [3.8, 4) is 0 Å². The lowest BCUT2D eigenvalue weighted by atomic mass is 10.1. The largest absolute Gasteiger partial charge is 0.394 e. The Hall–Kier alpha value is -3.09. The number of carbonyl (C=O) groups is 1.